The van der Waals surface area contributed by atoms with Gasteiger partial charge in [-0.1, -0.05) is 0 Å². The molecule has 9 heteroatoms. The summed E-state index contributed by atoms with van der Waals surface area (Å²) in [4.78, 5) is 8.18. The van der Waals surface area contributed by atoms with Crippen molar-refractivity contribution in [2.24, 2.45) is 0 Å². The minimum Gasteiger partial charge on any atom is -0.277 e. The van der Waals surface area contributed by atoms with Crippen LogP contribution in [0.15, 0.2) is 61.3 Å². The van der Waals surface area contributed by atoms with Crippen LogP contribution in [0.4, 0.5) is 5.69 Å². The minimum absolute atomic E-state index is 0.130. The number of halogens is 3. The maximum atomic E-state index is 12.6. The monoisotopic (exact) mass is 519 g/mol. The fraction of sp³-hybridized carbons (Fsp3) is 0. The molecule has 0 saturated carbocycles. The SMILES string of the molecule is O=S(=O)(Nc1cncc2cnccc12)c1cc(Br)c(Br)c(Br)c1. The Bertz CT molecular complexity index is 981. The van der Waals surface area contributed by atoms with Gasteiger partial charge in [-0.3, -0.25) is 14.7 Å². The van der Waals surface area contributed by atoms with E-state index < -0.39 is 10.0 Å². The van der Waals surface area contributed by atoms with Crippen molar-refractivity contribution in [3.8, 4) is 0 Å². The highest BCUT2D eigenvalue weighted by Crippen LogP contribution is 2.34. The van der Waals surface area contributed by atoms with Gasteiger partial charge in [0.15, 0.2) is 0 Å². The highest BCUT2D eigenvalue weighted by Gasteiger charge is 2.18. The molecule has 5 nitrogen and oxygen atoms in total. The molecule has 0 aliphatic carbocycles. The number of fused-ring (bicyclic) bond motifs is 1. The van der Waals surface area contributed by atoms with Crippen LogP contribution < -0.4 is 4.72 Å². The molecule has 1 aromatic carbocycles. The maximum Gasteiger partial charge on any atom is 0.262 e. The molecule has 0 aliphatic heterocycles. The van der Waals surface area contributed by atoms with Crippen molar-refractivity contribution in [1.29, 1.82) is 0 Å². The standard InChI is InChI=1S/C14H8Br3N3O2S/c15-11-3-9(4-12(16)14(11)17)23(21,22)20-13-7-19-6-8-5-18-2-1-10(8)13/h1-7,20H. The molecule has 2 aromatic heterocycles. The smallest absolute Gasteiger partial charge is 0.262 e. The van der Waals surface area contributed by atoms with E-state index in [0.717, 1.165) is 15.2 Å². The summed E-state index contributed by atoms with van der Waals surface area (Å²) < 4.78 is 29.9. The summed E-state index contributed by atoms with van der Waals surface area (Å²) in [6.07, 6.45) is 6.34. The van der Waals surface area contributed by atoms with Crippen LogP contribution in [0.25, 0.3) is 10.8 Å². The van der Waals surface area contributed by atoms with Crippen molar-refractivity contribution in [1.82, 2.24) is 9.97 Å². The van der Waals surface area contributed by atoms with E-state index >= 15 is 0 Å². The number of rotatable bonds is 3. The van der Waals surface area contributed by atoms with E-state index in [4.69, 9.17) is 0 Å². The van der Waals surface area contributed by atoms with Crippen molar-refractivity contribution in [3.05, 3.63) is 56.4 Å². The van der Waals surface area contributed by atoms with Crippen molar-refractivity contribution < 1.29 is 8.42 Å². The summed E-state index contributed by atoms with van der Waals surface area (Å²) in [5.41, 5.74) is 0.403. The van der Waals surface area contributed by atoms with Gasteiger partial charge in [0.1, 0.15) is 0 Å². The lowest BCUT2D eigenvalue weighted by atomic mass is 10.2. The Balaban J connectivity index is 2.07. The highest BCUT2D eigenvalue weighted by atomic mass is 79.9. The van der Waals surface area contributed by atoms with Gasteiger partial charge >= 0.3 is 0 Å². The van der Waals surface area contributed by atoms with Gasteiger partial charge in [-0.05, 0) is 66.0 Å². The quantitative estimate of drug-likeness (QED) is 0.506. The molecule has 0 amide bonds. The Labute approximate surface area is 158 Å². The molecule has 2 heterocycles. The molecule has 0 saturated heterocycles. The van der Waals surface area contributed by atoms with E-state index in [1.165, 1.54) is 18.3 Å². The van der Waals surface area contributed by atoms with Crippen molar-refractivity contribution in [3.63, 3.8) is 0 Å². The molecule has 3 aromatic rings. The molecule has 0 unspecified atom stereocenters. The average molecular weight is 522 g/mol. The zero-order valence-electron chi connectivity index (χ0n) is 11.3. The van der Waals surface area contributed by atoms with Gasteiger partial charge in [-0.25, -0.2) is 8.42 Å². The number of nitrogens with zero attached hydrogens (tertiary/aromatic N) is 2. The fourth-order valence-electron chi connectivity index (χ4n) is 1.99. The number of hydrogen-bond acceptors (Lipinski definition) is 4. The van der Waals surface area contributed by atoms with Gasteiger partial charge in [-0.15, -0.1) is 0 Å². The largest absolute Gasteiger partial charge is 0.277 e. The molecular formula is C14H8Br3N3O2S. The van der Waals surface area contributed by atoms with E-state index in [1.807, 2.05) is 0 Å². The maximum absolute atomic E-state index is 12.6. The average Bonchev–Trinajstić information content (AvgIpc) is 2.52. The predicted molar refractivity (Wildman–Crippen MR) is 99.9 cm³/mol. The first-order valence-electron chi connectivity index (χ1n) is 6.23. The predicted octanol–water partition coefficient (Wildman–Crippen LogP) is 4.72. The molecule has 1 N–H and O–H groups in total. The van der Waals surface area contributed by atoms with E-state index in [-0.39, 0.29) is 4.90 Å². The molecular weight excluding hydrogens is 514 g/mol. The summed E-state index contributed by atoms with van der Waals surface area (Å²) in [6.45, 7) is 0. The molecule has 3 rings (SSSR count). The number of sulfonamides is 1. The van der Waals surface area contributed by atoms with Crippen LogP contribution in [0.1, 0.15) is 0 Å². The zero-order chi connectivity index (χ0) is 16.6. The van der Waals surface area contributed by atoms with Gasteiger partial charge < -0.3 is 0 Å². The molecule has 0 fully saturated rings. The van der Waals surface area contributed by atoms with Crippen LogP contribution in [0.3, 0.4) is 0 Å². The Morgan fingerprint density at radius 2 is 1.61 bits per heavy atom. The first-order valence-corrected chi connectivity index (χ1v) is 10.1. The first-order chi connectivity index (χ1) is 10.9. The van der Waals surface area contributed by atoms with Gasteiger partial charge in [0.2, 0.25) is 0 Å². The lowest BCUT2D eigenvalue weighted by Gasteiger charge is -2.11. The Hall–Kier alpha value is -1.03. The summed E-state index contributed by atoms with van der Waals surface area (Å²) >= 11 is 10.0. The third kappa shape index (κ3) is 3.42. The van der Waals surface area contributed by atoms with E-state index in [2.05, 4.69) is 62.5 Å². The second kappa shape index (κ2) is 6.46. The summed E-state index contributed by atoms with van der Waals surface area (Å²) in [5, 5.41) is 1.49. The van der Waals surface area contributed by atoms with Crippen molar-refractivity contribution in [2.45, 2.75) is 4.90 Å². The molecule has 23 heavy (non-hydrogen) atoms. The number of benzene rings is 1. The molecule has 0 spiro atoms. The second-order valence-corrected chi connectivity index (χ2v) is 8.77. The van der Waals surface area contributed by atoms with Gasteiger partial charge in [0, 0.05) is 42.8 Å². The number of aromatic nitrogens is 2. The van der Waals surface area contributed by atoms with Crippen LogP contribution in [0, 0.1) is 0 Å². The highest BCUT2D eigenvalue weighted by molar-refractivity contribution is 9.14. The Kier molecular flexibility index (Phi) is 4.73. The lowest BCUT2D eigenvalue weighted by Crippen LogP contribution is -2.13. The van der Waals surface area contributed by atoms with Crippen LogP contribution in [0.2, 0.25) is 0 Å². The van der Waals surface area contributed by atoms with E-state index in [0.29, 0.717) is 14.6 Å². The van der Waals surface area contributed by atoms with Crippen LogP contribution in [0.5, 0.6) is 0 Å². The zero-order valence-corrected chi connectivity index (χ0v) is 16.9. The van der Waals surface area contributed by atoms with Crippen LogP contribution >= 0.6 is 47.8 Å². The third-order valence-corrected chi connectivity index (χ3v) is 7.59. The molecule has 0 atom stereocenters. The Morgan fingerprint density at radius 1 is 0.957 bits per heavy atom. The van der Waals surface area contributed by atoms with E-state index in [9.17, 15) is 8.42 Å². The van der Waals surface area contributed by atoms with Crippen LogP contribution in [-0.2, 0) is 10.0 Å². The summed E-state index contributed by atoms with van der Waals surface area (Å²) in [6, 6.07) is 4.79. The fourth-order valence-corrected chi connectivity index (χ4v) is 4.82. The van der Waals surface area contributed by atoms with Gasteiger partial charge in [0.05, 0.1) is 16.8 Å². The lowest BCUT2D eigenvalue weighted by molar-refractivity contribution is 0.601. The second-order valence-electron chi connectivity index (χ2n) is 4.59. The molecule has 118 valence electrons. The normalized spacial score (nSPS) is 11.6. The summed E-state index contributed by atoms with van der Waals surface area (Å²) in [7, 11) is -3.76. The number of pyridine rings is 2. The number of nitrogens with one attached hydrogen (secondary N) is 1. The van der Waals surface area contributed by atoms with Gasteiger partial charge in [-0.2, -0.15) is 0 Å². The van der Waals surface area contributed by atoms with Crippen molar-refractivity contribution >= 4 is 74.3 Å². The molecule has 0 bridgehead atoms. The summed E-state index contributed by atoms with van der Waals surface area (Å²) in [5.74, 6) is 0. The number of anilines is 1. The first kappa shape index (κ1) is 16.8. The molecule has 0 radical (unpaired) electrons. The van der Waals surface area contributed by atoms with Gasteiger partial charge in [0.25, 0.3) is 10.0 Å². The third-order valence-electron chi connectivity index (χ3n) is 3.07. The minimum atomic E-state index is -3.76. The Morgan fingerprint density at radius 3 is 2.30 bits per heavy atom. The molecule has 0 aliphatic rings. The topological polar surface area (TPSA) is 72.0 Å². The number of hydrogen-bond donors (Lipinski definition) is 1. The van der Waals surface area contributed by atoms with Crippen molar-refractivity contribution in [2.75, 3.05) is 4.72 Å². The van der Waals surface area contributed by atoms with Crippen LogP contribution in [-0.4, -0.2) is 18.4 Å². The van der Waals surface area contributed by atoms with E-state index in [1.54, 1.807) is 24.7 Å².